The van der Waals surface area contributed by atoms with E-state index in [0.717, 1.165) is 12.1 Å². The molecule has 0 radical (unpaired) electrons. The van der Waals surface area contributed by atoms with Crippen LogP contribution in [0.3, 0.4) is 0 Å². The molecule has 0 aliphatic carbocycles. The van der Waals surface area contributed by atoms with E-state index in [1.165, 1.54) is 23.6 Å². The number of rotatable bonds is 5. The molecular formula is C11H18N2OS2. The number of ether oxygens (including phenoxy) is 1. The Morgan fingerprint density at radius 1 is 1.69 bits per heavy atom. The van der Waals surface area contributed by atoms with Gasteiger partial charge >= 0.3 is 0 Å². The molecule has 90 valence electrons. The van der Waals surface area contributed by atoms with Crippen LogP contribution in [0.15, 0.2) is 5.38 Å². The molecule has 0 aromatic carbocycles. The maximum absolute atomic E-state index is 6.05. The lowest BCUT2D eigenvalue weighted by molar-refractivity contribution is 0.187. The molecular weight excluding hydrogens is 240 g/mol. The number of hydrogen-bond donors (Lipinski definition) is 1. The van der Waals surface area contributed by atoms with Crippen molar-refractivity contribution in [2.45, 2.75) is 30.6 Å². The Balaban J connectivity index is 1.95. The standard InChI is InChI=1S/C11H18N2OS2/c1-14-5-4-8(12)9-7-16-11(13-9)10-3-2-6-15-10/h7-8,10H,2-6,12H2,1H3. The molecule has 5 heteroatoms. The van der Waals surface area contributed by atoms with Gasteiger partial charge in [0.25, 0.3) is 0 Å². The highest BCUT2D eigenvalue weighted by Crippen LogP contribution is 2.41. The van der Waals surface area contributed by atoms with E-state index in [4.69, 9.17) is 10.5 Å². The third kappa shape index (κ3) is 2.97. The molecule has 1 fully saturated rings. The Morgan fingerprint density at radius 3 is 3.25 bits per heavy atom. The molecule has 2 unspecified atom stereocenters. The van der Waals surface area contributed by atoms with Gasteiger partial charge in [-0.15, -0.1) is 11.3 Å². The fraction of sp³-hybridized carbons (Fsp3) is 0.727. The van der Waals surface area contributed by atoms with Crippen LogP contribution in [-0.2, 0) is 4.74 Å². The number of thiazole rings is 1. The topological polar surface area (TPSA) is 48.1 Å². The van der Waals surface area contributed by atoms with Crippen LogP contribution in [0.1, 0.15) is 41.3 Å². The van der Waals surface area contributed by atoms with E-state index in [9.17, 15) is 0 Å². The summed E-state index contributed by atoms with van der Waals surface area (Å²) in [5, 5.41) is 3.98. The molecule has 1 aliphatic heterocycles. The quantitative estimate of drug-likeness (QED) is 0.882. The van der Waals surface area contributed by atoms with Gasteiger partial charge in [0.15, 0.2) is 0 Å². The van der Waals surface area contributed by atoms with Crippen LogP contribution < -0.4 is 5.73 Å². The van der Waals surface area contributed by atoms with Crippen molar-refractivity contribution < 1.29 is 4.74 Å². The predicted octanol–water partition coefficient (Wildman–Crippen LogP) is 2.75. The lowest BCUT2D eigenvalue weighted by Crippen LogP contribution is -2.13. The zero-order valence-electron chi connectivity index (χ0n) is 9.52. The maximum atomic E-state index is 6.05. The summed E-state index contributed by atoms with van der Waals surface area (Å²) in [4.78, 5) is 4.66. The summed E-state index contributed by atoms with van der Waals surface area (Å²) in [6.45, 7) is 0.701. The van der Waals surface area contributed by atoms with Crippen molar-refractivity contribution in [3.8, 4) is 0 Å². The van der Waals surface area contributed by atoms with Gasteiger partial charge in [-0.2, -0.15) is 11.8 Å². The smallest absolute Gasteiger partial charge is 0.106 e. The summed E-state index contributed by atoms with van der Waals surface area (Å²) in [6.07, 6.45) is 3.43. The van der Waals surface area contributed by atoms with Crippen LogP contribution in [0.2, 0.25) is 0 Å². The van der Waals surface area contributed by atoms with Crippen molar-refractivity contribution >= 4 is 23.1 Å². The minimum absolute atomic E-state index is 0.0244. The summed E-state index contributed by atoms with van der Waals surface area (Å²) in [6, 6.07) is 0.0244. The molecule has 1 aromatic rings. The Labute approximate surface area is 105 Å². The highest BCUT2D eigenvalue weighted by atomic mass is 32.2. The molecule has 1 aliphatic rings. The minimum Gasteiger partial charge on any atom is -0.385 e. The fourth-order valence-electron chi connectivity index (χ4n) is 1.78. The zero-order chi connectivity index (χ0) is 11.4. The lowest BCUT2D eigenvalue weighted by atomic mass is 10.2. The van der Waals surface area contributed by atoms with Crippen LogP contribution in [0.5, 0.6) is 0 Å². The number of thioether (sulfide) groups is 1. The SMILES string of the molecule is COCCC(N)c1csc(C2CCCS2)n1. The Hall–Kier alpha value is -0.100. The van der Waals surface area contributed by atoms with Crippen molar-refractivity contribution in [3.63, 3.8) is 0 Å². The van der Waals surface area contributed by atoms with Crippen LogP contribution >= 0.6 is 23.1 Å². The van der Waals surface area contributed by atoms with Gasteiger partial charge in [0, 0.05) is 19.1 Å². The summed E-state index contributed by atoms with van der Waals surface area (Å²) in [7, 11) is 1.70. The Morgan fingerprint density at radius 2 is 2.56 bits per heavy atom. The van der Waals surface area contributed by atoms with E-state index in [1.807, 2.05) is 11.8 Å². The largest absolute Gasteiger partial charge is 0.385 e. The molecule has 1 saturated heterocycles. The van der Waals surface area contributed by atoms with Crippen molar-refractivity contribution in [2.75, 3.05) is 19.5 Å². The lowest BCUT2D eigenvalue weighted by Gasteiger charge is -2.07. The van der Waals surface area contributed by atoms with E-state index >= 15 is 0 Å². The number of hydrogen-bond acceptors (Lipinski definition) is 5. The van der Waals surface area contributed by atoms with Crippen molar-refractivity contribution in [2.24, 2.45) is 5.73 Å². The van der Waals surface area contributed by atoms with Crippen molar-refractivity contribution in [1.29, 1.82) is 0 Å². The Bertz CT molecular complexity index is 324. The van der Waals surface area contributed by atoms with E-state index in [0.29, 0.717) is 11.9 Å². The average Bonchev–Trinajstić information content (AvgIpc) is 2.94. The summed E-state index contributed by atoms with van der Waals surface area (Å²) < 4.78 is 5.03. The average molecular weight is 258 g/mol. The van der Waals surface area contributed by atoms with E-state index < -0.39 is 0 Å². The fourth-order valence-corrected chi connectivity index (χ4v) is 4.20. The molecule has 2 heterocycles. The molecule has 2 N–H and O–H groups in total. The van der Waals surface area contributed by atoms with E-state index in [2.05, 4.69) is 10.4 Å². The monoisotopic (exact) mass is 258 g/mol. The number of aromatic nitrogens is 1. The van der Waals surface area contributed by atoms with Gasteiger partial charge in [-0.1, -0.05) is 0 Å². The molecule has 1 aromatic heterocycles. The van der Waals surface area contributed by atoms with Gasteiger partial charge < -0.3 is 10.5 Å². The first-order valence-electron chi connectivity index (χ1n) is 5.62. The van der Waals surface area contributed by atoms with E-state index in [1.54, 1.807) is 18.4 Å². The zero-order valence-corrected chi connectivity index (χ0v) is 11.1. The molecule has 16 heavy (non-hydrogen) atoms. The maximum Gasteiger partial charge on any atom is 0.106 e. The normalized spacial score (nSPS) is 22.5. The van der Waals surface area contributed by atoms with Crippen molar-refractivity contribution in [1.82, 2.24) is 4.98 Å². The highest BCUT2D eigenvalue weighted by molar-refractivity contribution is 7.99. The van der Waals surface area contributed by atoms with Crippen LogP contribution in [0.25, 0.3) is 0 Å². The minimum atomic E-state index is 0.0244. The van der Waals surface area contributed by atoms with Gasteiger partial charge in [-0.3, -0.25) is 0 Å². The number of nitrogens with two attached hydrogens (primary N) is 1. The third-order valence-electron chi connectivity index (χ3n) is 2.76. The first-order valence-corrected chi connectivity index (χ1v) is 7.55. The van der Waals surface area contributed by atoms with Crippen LogP contribution in [-0.4, -0.2) is 24.5 Å². The van der Waals surface area contributed by atoms with Gasteiger partial charge in [0.05, 0.1) is 17.0 Å². The first kappa shape index (κ1) is 12.4. The molecule has 2 atom stereocenters. The second kappa shape index (κ2) is 6.00. The van der Waals surface area contributed by atoms with Crippen LogP contribution in [0.4, 0.5) is 0 Å². The van der Waals surface area contributed by atoms with E-state index in [-0.39, 0.29) is 6.04 Å². The van der Waals surface area contributed by atoms with Gasteiger partial charge in [-0.25, -0.2) is 4.98 Å². The molecule has 0 spiro atoms. The molecule has 0 saturated carbocycles. The molecule has 0 amide bonds. The van der Waals surface area contributed by atoms with Crippen molar-refractivity contribution in [3.05, 3.63) is 16.1 Å². The highest BCUT2D eigenvalue weighted by Gasteiger charge is 2.21. The van der Waals surface area contributed by atoms with Gasteiger partial charge in [0.2, 0.25) is 0 Å². The molecule has 0 bridgehead atoms. The predicted molar refractivity (Wildman–Crippen MR) is 70.0 cm³/mol. The molecule has 2 rings (SSSR count). The first-order chi connectivity index (χ1) is 7.81. The Kier molecular flexibility index (Phi) is 4.64. The summed E-state index contributed by atoms with van der Waals surface area (Å²) in [5.41, 5.74) is 7.08. The van der Waals surface area contributed by atoms with Gasteiger partial charge in [0.1, 0.15) is 5.01 Å². The summed E-state index contributed by atoms with van der Waals surface area (Å²) >= 11 is 3.78. The second-order valence-electron chi connectivity index (χ2n) is 4.00. The third-order valence-corrected chi connectivity index (χ3v) is 5.27. The second-order valence-corrected chi connectivity index (χ2v) is 6.20. The van der Waals surface area contributed by atoms with Gasteiger partial charge in [-0.05, 0) is 25.0 Å². The molecule has 3 nitrogen and oxygen atoms in total. The summed E-state index contributed by atoms with van der Waals surface area (Å²) in [5.74, 6) is 1.27. The number of nitrogens with zero attached hydrogens (tertiary/aromatic N) is 1. The number of methoxy groups -OCH3 is 1. The van der Waals surface area contributed by atoms with Crippen LogP contribution in [0, 0.1) is 0 Å².